The molecule has 1 heterocycles. The molecule has 0 aromatic heterocycles. The van der Waals surface area contributed by atoms with Gasteiger partial charge in [-0.1, -0.05) is 34.5 Å². The molecule has 112 valence electrons. The van der Waals surface area contributed by atoms with Crippen LogP contribution in [0.5, 0.6) is 0 Å². The molecule has 3 atom stereocenters. The van der Waals surface area contributed by atoms with E-state index in [9.17, 15) is 9.50 Å². The van der Waals surface area contributed by atoms with Crippen LogP contribution in [-0.2, 0) is 4.84 Å². The first kappa shape index (κ1) is 15.2. The Kier molecular flexibility index (Phi) is 5.10. The topological polar surface area (TPSA) is 111 Å². The first-order chi connectivity index (χ1) is 10.2. The summed E-state index contributed by atoms with van der Waals surface area (Å²) < 4.78 is 12.7. The van der Waals surface area contributed by atoms with Crippen molar-refractivity contribution in [2.45, 2.75) is 24.7 Å². The SMILES string of the molecule is [N-]=[N+]=N[C@H](CF)[C@H](O)c1ccc(C2=NO[C@H](CO)C2)cc1. The summed E-state index contributed by atoms with van der Waals surface area (Å²) in [7, 11) is 0. The van der Waals surface area contributed by atoms with Gasteiger partial charge in [0.25, 0.3) is 0 Å². The highest BCUT2D eigenvalue weighted by Gasteiger charge is 2.23. The van der Waals surface area contributed by atoms with E-state index in [1.165, 1.54) is 0 Å². The third-order valence-corrected chi connectivity index (χ3v) is 3.24. The van der Waals surface area contributed by atoms with Crippen molar-refractivity contribution in [3.05, 3.63) is 45.8 Å². The maximum Gasteiger partial charge on any atom is 0.156 e. The van der Waals surface area contributed by atoms with E-state index in [1.807, 2.05) is 0 Å². The number of aliphatic hydroxyl groups is 2. The van der Waals surface area contributed by atoms with Gasteiger partial charge in [0, 0.05) is 11.3 Å². The van der Waals surface area contributed by atoms with Gasteiger partial charge in [0.1, 0.15) is 6.67 Å². The predicted octanol–water partition coefficient (Wildman–Crippen LogP) is 1.85. The summed E-state index contributed by atoms with van der Waals surface area (Å²) in [5.74, 6) is 0. The van der Waals surface area contributed by atoms with Crippen LogP contribution in [0, 0.1) is 0 Å². The fraction of sp³-hybridized carbons (Fsp3) is 0.462. The van der Waals surface area contributed by atoms with Gasteiger partial charge in [0.15, 0.2) is 6.10 Å². The van der Waals surface area contributed by atoms with Crippen LogP contribution in [0.1, 0.15) is 23.7 Å². The summed E-state index contributed by atoms with van der Waals surface area (Å²) in [6, 6.07) is 5.51. The molecule has 0 amide bonds. The minimum Gasteiger partial charge on any atom is -0.392 e. The fourth-order valence-corrected chi connectivity index (χ4v) is 2.04. The van der Waals surface area contributed by atoms with Gasteiger partial charge in [-0.05, 0) is 16.7 Å². The van der Waals surface area contributed by atoms with E-state index in [1.54, 1.807) is 24.3 Å². The quantitative estimate of drug-likeness (QED) is 0.474. The average Bonchev–Trinajstić information content (AvgIpc) is 3.01. The molecule has 0 aliphatic carbocycles. The maximum atomic E-state index is 12.7. The van der Waals surface area contributed by atoms with Gasteiger partial charge < -0.3 is 15.1 Å². The van der Waals surface area contributed by atoms with E-state index in [4.69, 9.17) is 15.5 Å². The lowest BCUT2D eigenvalue weighted by Crippen LogP contribution is -2.18. The Morgan fingerprint density at radius 3 is 2.71 bits per heavy atom. The fourth-order valence-electron chi connectivity index (χ4n) is 2.04. The lowest BCUT2D eigenvalue weighted by molar-refractivity contribution is 0.0390. The van der Waals surface area contributed by atoms with Gasteiger partial charge >= 0.3 is 0 Å². The van der Waals surface area contributed by atoms with Crippen LogP contribution < -0.4 is 0 Å². The van der Waals surface area contributed by atoms with Crippen LogP contribution in [-0.4, -0.2) is 41.4 Å². The molecular weight excluding hydrogens is 279 g/mol. The molecule has 2 rings (SSSR count). The Morgan fingerprint density at radius 2 is 2.19 bits per heavy atom. The number of benzene rings is 1. The van der Waals surface area contributed by atoms with Crippen molar-refractivity contribution in [2.75, 3.05) is 13.3 Å². The summed E-state index contributed by atoms with van der Waals surface area (Å²) in [6.45, 7) is -1.04. The normalized spacial score (nSPS) is 20.1. The molecule has 0 unspecified atom stereocenters. The molecule has 0 spiro atoms. The number of alkyl halides is 1. The van der Waals surface area contributed by atoms with Crippen LogP contribution in [0.25, 0.3) is 10.4 Å². The van der Waals surface area contributed by atoms with E-state index in [0.717, 1.165) is 5.56 Å². The zero-order valence-electron chi connectivity index (χ0n) is 11.1. The second kappa shape index (κ2) is 7.03. The molecule has 0 radical (unpaired) electrons. The third kappa shape index (κ3) is 3.49. The number of hydrogen-bond acceptors (Lipinski definition) is 5. The molecule has 8 heteroatoms. The van der Waals surface area contributed by atoms with Gasteiger partial charge in [-0.2, -0.15) is 0 Å². The molecule has 1 aromatic rings. The Morgan fingerprint density at radius 1 is 1.48 bits per heavy atom. The largest absolute Gasteiger partial charge is 0.392 e. The summed E-state index contributed by atoms with van der Waals surface area (Å²) in [4.78, 5) is 7.54. The zero-order chi connectivity index (χ0) is 15.2. The molecule has 21 heavy (non-hydrogen) atoms. The van der Waals surface area contributed by atoms with E-state index in [-0.39, 0.29) is 12.7 Å². The summed E-state index contributed by atoms with van der Waals surface area (Å²) in [5, 5.41) is 26.0. The van der Waals surface area contributed by atoms with Gasteiger partial charge in [-0.3, -0.25) is 4.39 Å². The predicted molar refractivity (Wildman–Crippen MR) is 73.4 cm³/mol. The highest BCUT2D eigenvalue weighted by Crippen LogP contribution is 2.22. The Balaban J connectivity index is 2.10. The van der Waals surface area contributed by atoms with Crippen molar-refractivity contribution in [3.8, 4) is 0 Å². The van der Waals surface area contributed by atoms with Crippen molar-refractivity contribution >= 4 is 5.71 Å². The number of nitrogens with zero attached hydrogens (tertiary/aromatic N) is 4. The van der Waals surface area contributed by atoms with Gasteiger partial charge in [-0.25, -0.2) is 0 Å². The van der Waals surface area contributed by atoms with Crippen molar-refractivity contribution in [2.24, 2.45) is 10.3 Å². The summed E-state index contributed by atoms with van der Waals surface area (Å²) in [5.41, 5.74) is 10.3. The Labute approximate surface area is 120 Å². The van der Waals surface area contributed by atoms with E-state index >= 15 is 0 Å². The van der Waals surface area contributed by atoms with Crippen LogP contribution in [0.4, 0.5) is 4.39 Å². The standard InChI is InChI=1S/C13H15FN4O3/c14-6-12(16-18-15)13(20)9-3-1-8(2-4-9)11-5-10(7-19)21-17-11/h1-4,10,12-13,19-20H,5-7H2/t10-,12+,13+/m0/s1. The molecule has 0 saturated heterocycles. The molecule has 7 nitrogen and oxygen atoms in total. The van der Waals surface area contributed by atoms with Gasteiger partial charge in [0.05, 0.1) is 24.5 Å². The number of aliphatic hydroxyl groups excluding tert-OH is 2. The Bertz CT molecular complexity index is 557. The van der Waals surface area contributed by atoms with E-state index in [0.29, 0.717) is 17.7 Å². The van der Waals surface area contributed by atoms with Gasteiger partial charge in [0.2, 0.25) is 0 Å². The first-order valence-corrected chi connectivity index (χ1v) is 6.41. The van der Waals surface area contributed by atoms with Crippen molar-refractivity contribution < 1.29 is 19.4 Å². The lowest BCUT2D eigenvalue weighted by atomic mass is 9.99. The second-order valence-electron chi connectivity index (χ2n) is 4.65. The molecule has 1 aliphatic heterocycles. The van der Waals surface area contributed by atoms with E-state index in [2.05, 4.69) is 15.2 Å². The molecule has 2 N–H and O–H groups in total. The molecule has 1 aromatic carbocycles. The Hall–Kier alpha value is -2.15. The third-order valence-electron chi connectivity index (χ3n) is 3.24. The minimum atomic E-state index is -1.20. The van der Waals surface area contributed by atoms with Crippen molar-refractivity contribution in [1.82, 2.24) is 0 Å². The first-order valence-electron chi connectivity index (χ1n) is 6.41. The minimum absolute atomic E-state index is 0.103. The summed E-state index contributed by atoms with van der Waals surface area (Å²) in [6.07, 6.45) is -1.03. The van der Waals surface area contributed by atoms with Crippen molar-refractivity contribution in [1.29, 1.82) is 0 Å². The second-order valence-corrected chi connectivity index (χ2v) is 4.65. The molecule has 0 fully saturated rings. The molecule has 0 bridgehead atoms. The number of rotatable bonds is 6. The van der Waals surface area contributed by atoms with E-state index < -0.39 is 18.8 Å². The highest BCUT2D eigenvalue weighted by molar-refractivity contribution is 6.01. The molecule has 1 aliphatic rings. The number of halogens is 1. The number of azide groups is 1. The number of oxime groups is 1. The van der Waals surface area contributed by atoms with Crippen LogP contribution in [0.2, 0.25) is 0 Å². The van der Waals surface area contributed by atoms with Crippen molar-refractivity contribution in [3.63, 3.8) is 0 Å². The monoisotopic (exact) mass is 294 g/mol. The maximum absolute atomic E-state index is 12.7. The van der Waals surface area contributed by atoms with Crippen LogP contribution in [0.15, 0.2) is 34.5 Å². The van der Waals surface area contributed by atoms with Crippen LogP contribution in [0.3, 0.4) is 0 Å². The highest BCUT2D eigenvalue weighted by atomic mass is 19.1. The lowest BCUT2D eigenvalue weighted by Gasteiger charge is -2.15. The molecular formula is C13H15FN4O3. The summed E-state index contributed by atoms with van der Waals surface area (Å²) >= 11 is 0. The molecule has 0 saturated carbocycles. The average molecular weight is 294 g/mol. The number of hydrogen-bond donors (Lipinski definition) is 2. The van der Waals surface area contributed by atoms with Crippen LogP contribution >= 0.6 is 0 Å². The van der Waals surface area contributed by atoms with Gasteiger partial charge in [-0.15, -0.1) is 0 Å². The smallest absolute Gasteiger partial charge is 0.156 e. The zero-order valence-corrected chi connectivity index (χ0v) is 11.1.